The summed E-state index contributed by atoms with van der Waals surface area (Å²) in [6, 6.07) is 16.4. The second-order valence-corrected chi connectivity index (χ2v) is 8.48. The first kappa shape index (κ1) is 23.6. The van der Waals surface area contributed by atoms with E-state index in [1.807, 2.05) is 43.3 Å². The number of hydrogen-bond donors (Lipinski definition) is 3. The fraction of sp³-hybridized carbons (Fsp3) is 0.217. The molecule has 1 aromatic heterocycles. The van der Waals surface area contributed by atoms with Crippen molar-refractivity contribution in [2.75, 3.05) is 17.6 Å². The van der Waals surface area contributed by atoms with Crippen molar-refractivity contribution in [3.8, 4) is 0 Å². The molecule has 3 rings (SSSR count). The Morgan fingerprint density at radius 1 is 1.09 bits per heavy atom. The average molecular weight is 471 g/mol. The van der Waals surface area contributed by atoms with Gasteiger partial charge in [-0.3, -0.25) is 14.4 Å². The molecule has 9 heteroatoms. The van der Waals surface area contributed by atoms with Crippen molar-refractivity contribution < 1.29 is 9.59 Å². The fourth-order valence-electron chi connectivity index (χ4n) is 2.86. The lowest BCUT2D eigenvalue weighted by molar-refractivity contribution is -0.120. The number of hydrogen-bond acceptors (Lipinski definition) is 5. The molecule has 7 nitrogen and oxygen atoms in total. The summed E-state index contributed by atoms with van der Waals surface area (Å²) < 4.78 is 0. The molecule has 0 saturated heterocycles. The number of nitrogens with one attached hydrogen (secondary N) is 3. The summed E-state index contributed by atoms with van der Waals surface area (Å²) in [5.74, 6) is -0.438. The lowest BCUT2D eigenvalue weighted by Gasteiger charge is -2.08. The van der Waals surface area contributed by atoms with Gasteiger partial charge in [0.15, 0.2) is 5.16 Å². The number of rotatable bonds is 9. The molecule has 0 aliphatic heterocycles. The van der Waals surface area contributed by atoms with E-state index in [-0.39, 0.29) is 34.7 Å². The van der Waals surface area contributed by atoms with E-state index in [1.54, 1.807) is 12.1 Å². The van der Waals surface area contributed by atoms with E-state index in [0.717, 1.165) is 29.3 Å². The number of H-pyrrole nitrogens is 1. The number of aromatic amines is 1. The van der Waals surface area contributed by atoms with Crippen molar-refractivity contribution in [1.29, 1.82) is 0 Å². The highest BCUT2D eigenvalue weighted by molar-refractivity contribution is 7.99. The molecule has 0 aliphatic carbocycles. The molecular formula is C23H23ClN4O3S. The van der Waals surface area contributed by atoms with Crippen molar-refractivity contribution >= 4 is 40.9 Å². The van der Waals surface area contributed by atoms with Crippen LogP contribution < -0.4 is 16.2 Å². The van der Waals surface area contributed by atoms with Gasteiger partial charge in [-0.2, -0.15) is 0 Å². The number of amides is 2. The van der Waals surface area contributed by atoms with Gasteiger partial charge in [0.2, 0.25) is 11.8 Å². The monoisotopic (exact) mass is 470 g/mol. The molecule has 2 aromatic carbocycles. The van der Waals surface area contributed by atoms with Gasteiger partial charge in [-0.15, -0.1) is 0 Å². The second kappa shape index (κ2) is 11.5. The largest absolute Gasteiger partial charge is 0.355 e. The molecule has 3 aromatic rings. The van der Waals surface area contributed by atoms with E-state index in [0.29, 0.717) is 22.9 Å². The van der Waals surface area contributed by atoms with Gasteiger partial charge in [0.1, 0.15) is 0 Å². The van der Waals surface area contributed by atoms with Crippen molar-refractivity contribution in [2.24, 2.45) is 0 Å². The predicted octanol–water partition coefficient (Wildman–Crippen LogP) is 3.36. The molecule has 1 heterocycles. The van der Waals surface area contributed by atoms with E-state index in [9.17, 15) is 14.4 Å². The Labute approximate surface area is 195 Å². The fourth-order valence-corrected chi connectivity index (χ4v) is 3.74. The molecule has 0 radical (unpaired) electrons. The number of thioether (sulfide) groups is 1. The number of aromatic nitrogens is 2. The Hall–Kier alpha value is -3.10. The highest BCUT2D eigenvalue weighted by Gasteiger charge is 2.10. The quantitative estimate of drug-likeness (QED) is 0.328. The van der Waals surface area contributed by atoms with Crippen molar-refractivity contribution in [1.82, 2.24) is 15.3 Å². The van der Waals surface area contributed by atoms with Crippen LogP contribution >= 0.6 is 23.4 Å². The molecule has 32 heavy (non-hydrogen) atoms. The van der Waals surface area contributed by atoms with Gasteiger partial charge in [0, 0.05) is 23.3 Å². The van der Waals surface area contributed by atoms with Crippen LogP contribution in [0.3, 0.4) is 0 Å². The predicted molar refractivity (Wildman–Crippen MR) is 127 cm³/mol. The Balaban J connectivity index is 1.49. The molecule has 0 atom stereocenters. The van der Waals surface area contributed by atoms with Crippen LogP contribution in [0.25, 0.3) is 0 Å². The van der Waals surface area contributed by atoms with E-state index >= 15 is 0 Å². The normalized spacial score (nSPS) is 10.6. The van der Waals surface area contributed by atoms with Crippen LogP contribution in [0, 0.1) is 6.92 Å². The number of nitrogens with zero attached hydrogens (tertiary/aromatic N) is 1. The Morgan fingerprint density at radius 3 is 2.62 bits per heavy atom. The number of carbonyl (C=O) groups excluding carboxylic acids is 2. The van der Waals surface area contributed by atoms with Crippen LogP contribution in [0.2, 0.25) is 5.02 Å². The van der Waals surface area contributed by atoms with E-state index in [2.05, 4.69) is 20.6 Å². The van der Waals surface area contributed by atoms with Crippen LogP contribution in [0.15, 0.2) is 64.5 Å². The van der Waals surface area contributed by atoms with Gasteiger partial charge < -0.3 is 15.6 Å². The smallest absolute Gasteiger partial charge is 0.251 e. The van der Waals surface area contributed by atoms with Crippen LogP contribution in [-0.2, 0) is 22.4 Å². The third kappa shape index (κ3) is 7.55. The lowest BCUT2D eigenvalue weighted by atomic mass is 10.1. The SMILES string of the molecule is Cc1ccc(NC(=O)CSc2nc(CC(=O)NCCc3ccccc3)cc(=O)[nH]2)cc1Cl. The zero-order valence-electron chi connectivity index (χ0n) is 17.5. The number of aryl methyl sites for hydroxylation is 1. The van der Waals surface area contributed by atoms with E-state index in [4.69, 9.17) is 11.6 Å². The molecule has 0 saturated carbocycles. The first-order chi connectivity index (χ1) is 15.4. The summed E-state index contributed by atoms with van der Waals surface area (Å²) in [7, 11) is 0. The van der Waals surface area contributed by atoms with Gasteiger partial charge in [0.25, 0.3) is 5.56 Å². The van der Waals surface area contributed by atoms with Gasteiger partial charge in [-0.25, -0.2) is 4.98 Å². The third-order valence-corrected chi connectivity index (χ3v) is 5.77. The Bertz CT molecular complexity index is 1150. The third-order valence-electron chi connectivity index (χ3n) is 4.49. The molecule has 3 N–H and O–H groups in total. The van der Waals surface area contributed by atoms with E-state index in [1.165, 1.54) is 6.07 Å². The number of carbonyl (C=O) groups is 2. The zero-order chi connectivity index (χ0) is 22.9. The van der Waals surface area contributed by atoms with Crippen molar-refractivity contribution in [3.63, 3.8) is 0 Å². The molecule has 0 fully saturated rings. The van der Waals surface area contributed by atoms with Crippen LogP contribution in [-0.4, -0.2) is 34.1 Å². The molecule has 0 bridgehead atoms. The number of benzene rings is 2. The second-order valence-electron chi connectivity index (χ2n) is 7.11. The summed E-state index contributed by atoms with van der Waals surface area (Å²) in [5.41, 5.74) is 2.61. The summed E-state index contributed by atoms with van der Waals surface area (Å²) in [5, 5.41) is 6.43. The van der Waals surface area contributed by atoms with Gasteiger partial charge in [-0.1, -0.05) is 59.8 Å². The van der Waals surface area contributed by atoms with Crippen LogP contribution in [0.5, 0.6) is 0 Å². The average Bonchev–Trinajstić information content (AvgIpc) is 2.75. The minimum Gasteiger partial charge on any atom is -0.355 e. The molecule has 2 amide bonds. The molecule has 0 aliphatic rings. The van der Waals surface area contributed by atoms with Crippen molar-refractivity contribution in [2.45, 2.75) is 24.9 Å². The summed E-state index contributed by atoms with van der Waals surface area (Å²) >= 11 is 7.15. The van der Waals surface area contributed by atoms with Crippen LogP contribution in [0.1, 0.15) is 16.8 Å². The van der Waals surface area contributed by atoms with E-state index < -0.39 is 0 Å². The molecule has 0 spiro atoms. The lowest BCUT2D eigenvalue weighted by Crippen LogP contribution is -2.28. The first-order valence-corrected chi connectivity index (χ1v) is 11.3. The minimum absolute atomic E-state index is 0.0136. The topological polar surface area (TPSA) is 104 Å². The minimum atomic E-state index is -0.375. The standard InChI is InChI=1S/C23H23ClN4O3S/c1-15-7-8-17(11-19(15)24)26-22(31)14-32-23-27-18(13-21(30)28-23)12-20(29)25-10-9-16-5-3-2-4-6-16/h2-8,11,13H,9-10,12,14H2,1H3,(H,25,29)(H,26,31)(H,27,28,30). The maximum atomic E-state index is 12.2. The molecule has 166 valence electrons. The number of anilines is 1. The Kier molecular flexibility index (Phi) is 8.47. The highest BCUT2D eigenvalue weighted by Crippen LogP contribution is 2.20. The van der Waals surface area contributed by atoms with Gasteiger partial charge >= 0.3 is 0 Å². The van der Waals surface area contributed by atoms with Crippen LogP contribution in [0.4, 0.5) is 5.69 Å². The number of halogens is 1. The maximum absolute atomic E-state index is 12.2. The molecular weight excluding hydrogens is 448 g/mol. The first-order valence-electron chi connectivity index (χ1n) is 9.99. The summed E-state index contributed by atoms with van der Waals surface area (Å²) in [6.45, 7) is 2.37. The van der Waals surface area contributed by atoms with Gasteiger partial charge in [-0.05, 0) is 36.6 Å². The zero-order valence-corrected chi connectivity index (χ0v) is 19.1. The Morgan fingerprint density at radius 2 is 1.88 bits per heavy atom. The molecule has 0 unspecified atom stereocenters. The maximum Gasteiger partial charge on any atom is 0.251 e. The summed E-state index contributed by atoms with van der Waals surface area (Å²) in [4.78, 5) is 43.2. The highest BCUT2D eigenvalue weighted by atomic mass is 35.5. The van der Waals surface area contributed by atoms with Crippen molar-refractivity contribution in [3.05, 3.63) is 86.8 Å². The van der Waals surface area contributed by atoms with Gasteiger partial charge in [0.05, 0.1) is 17.9 Å². The summed E-state index contributed by atoms with van der Waals surface area (Å²) in [6.07, 6.45) is 0.706.